The predicted molar refractivity (Wildman–Crippen MR) is 76.0 cm³/mol. The first-order valence-electron chi connectivity index (χ1n) is 5.54. The molecule has 0 saturated carbocycles. The van der Waals surface area contributed by atoms with Gasteiger partial charge in [-0.15, -0.1) is 23.7 Å². The Labute approximate surface area is 118 Å². The third-order valence-corrected chi connectivity index (χ3v) is 3.30. The summed E-state index contributed by atoms with van der Waals surface area (Å²) >= 11 is 1.48. The van der Waals surface area contributed by atoms with Crippen LogP contribution in [0.2, 0.25) is 0 Å². The van der Waals surface area contributed by atoms with E-state index in [1.165, 1.54) is 18.4 Å². The molecule has 1 heterocycles. The van der Waals surface area contributed by atoms with Crippen LogP contribution in [0.25, 0.3) is 0 Å². The Hall–Kier alpha value is -0.850. The summed E-state index contributed by atoms with van der Waals surface area (Å²) in [6.07, 6.45) is 2.19. The molecule has 0 saturated heterocycles. The van der Waals surface area contributed by atoms with E-state index in [0.29, 0.717) is 24.1 Å². The fourth-order valence-electron chi connectivity index (χ4n) is 1.45. The van der Waals surface area contributed by atoms with Crippen molar-refractivity contribution in [2.75, 3.05) is 19.4 Å². The second-order valence-corrected chi connectivity index (χ2v) is 5.20. The van der Waals surface area contributed by atoms with Crippen LogP contribution in [0.5, 0.6) is 0 Å². The van der Waals surface area contributed by atoms with Gasteiger partial charge in [-0.05, 0) is 13.8 Å². The molecule has 0 bridgehead atoms. The number of nitrogen functional groups attached to an aromatic ring is 1. The van der Waals surface area contributed by atoms with Crippen LogP contribution in [0.1, 0.15) is 25.1 Å². The quantitative estimate of drug-likeness (QED) is 0.812. The fourth-order valence-corrected chi connectivity index (χ4v) is 2.16. The zero-order valence-corrected chi connectivity index (χ0v) is 12.5. The molecule has 0 amide bonds. The lowest BCUT2D eigenvalue weighted by atomic mass is 10.2. The van der Waals surface area contributed by atoms with E-state index in [2.05, 4.69) is 28.5 Å². The van der Waals surface area contributed by atoms with E-state index < -0.39 is 0 Å². The van der Waals surface area contributed by atoms with E-state index in [9.17, 15) is 4.79 Å². The molecule has 0 atom stereocenters. The van der Waals surface area contributed by atoms with Gasteiger partial charge in [0.25, 0.3) is 0 Å². The van der Waals surface area contributed by atoms with Crippen LogP contribution in [0, 0.1) is 0 Å². The maximum atomic E-state index is 11.1. The second-order valence-electron chi connectivity index (χ2n) is 4.06. The number of rotatable bonds is 6. The molecule has 18 heavy (non-hydrogen) atoms. The normalized spacial score (nSPS) is 10.5. The number of nitrogens with two attached hydrogens (primary N) is 1. The number of ether oxygens (including phenoxy) is 1. The standard InChI is InChI=1S/C11H19N3O2S.ClH/c1-8(2)14(5-4-10(15)16-3)7-9-6-13-11(12)17-9;/h6,8H,4-5,7H2,1-3H3,(H2,12,13);1H. The van der Waals surface area contributed by atoms with Gasteiger partial charge >= 0.3 is 5.97 Å². The van der Waals surface area contributed by atoms with Gasteiger partial charge in [-0.2, -0.15) is 0 Å². The van der Waals surface area contributed by atoms with Crippen LogP contribution in [0.3, 0.4) is 0 Å². The van der Waals surface area contributed by atoms with Gasteiger partial charge < -0.3 is 10.5 Å². The molecule has 0 aliphatic heterocycles. The third kappa shape index (κ3) is 5.66. The Bertz CT molecular complexity index is 371. The number of halogens is 1. The summed E-state index contributed by atoms with van der Waals surface area (Å²) in [5, 5.41) is 0.580. The molecule has 0 aromatic carbocycles. The zero-order chi connectivity index (χ0) is 12.8. The molecule has 0 unspecified atom stereocenters. The highest BCUT2D eigenvalue weighted by molar-refractivity contribution is 7.15. The summed E-state index contributed by atoms with van der Waals surface area (Å²) in [5.74, 6) is -0.181. The molecular formula is C11H20ClN3O2S. The van der Waals surface area contributed by atoms with E-state index in [0.717, 1.165) is 11.4 Å². The number of methoxy groups -OCH3 is 1. The minimum atomic E-state index is -0.181. The Balaban J connectivity index is 0.00000289. The smallest absolute Gasteiger partial charge is 0.306 e. The molecule has 0 aliphatic carbocycles. The number of anilines is 1. The summed E-state index contributed by atoms with van der Waals surface area (Å²) in [6.45, 7) is 5.65. The molecule has 1 aromatic rings. The molecule has 104 valence electrons. The van der Waals surface area contributed by atoms with Crippen LogP contribution in [0.4, 0.5) is 5.13 Å². The van der Waals surface area contributed by atoms with Gasteiger partial charge in [0.15, 0.2) is 5.13 Å². The lowest BCUT2D eigenvalue weighted by Gasteiger charge is -2.25. The summed E-state index contributed by atoms with van der Waals surface area (Å²) in [6, 6.07) is 0.364. The minimum absolute atomic E-state index is 0. The lowest BCUT2D eigenvalue weighted by molar-refractivity contribution is -0.141. The van der Waals surface area contributed by atoms with Crippen LogP contribution < -0.4 is 5.73 Å². The summed E-state index contributed by atoms with van der Waals surface area (Å²) in [5.41, 5.74) is 5.59. The predicted octanol–water partition coefficient (Wildman–Crippen LogP) is 1.92. The molecular weight excluding hydrogens is 274 g/mol. The zero-order valence-electron chi connectivity index (χ0n) is 10.9. The highest BCUT2D eigenvalue weighted by Crippen LogP contribution is 2.17. The maximum absolute atomic E-state index is 11.1. The average Bonchev–Trinajstić information content (AvgIpc) is 2.69. The lowest BCUT2D eigenvalue weighted by Crippen LogP contribution is -2.32. The van der Waals surface area contributed by atoms with Crippen molar-refractivity contribution in [2.24, 2.45) is 0 Å². The van der Waals surface area contributed by atoms with Crippen molar-refractivity contribution in [3.63, 3.8) is 0 Å². The number of aromatic nitrogens is 1. The fraction of sp³-hybridized carbons (Fsp3) is 0.636. The first-order chi connectivity index (χ1) is 8.02. The Morgan fingerprint density at radius 2 is 2.28 bits per heavy atom. The van der Waals surface area contributed by atoms with Gasteiger partial charge in [0, 0.05) is 30.2 Å². The van der Waals surface area contributed by atoms with Crippen molar-refractivity contribution in [3.05, 3.63) is 11.1 Å². The number of hydrogen-bond acceptors (Lipinski definition) is 6. The van der Waals surface area contributed by atoms with E-state index in [-0.39, 0.29) is 18.4 Å². The summed E-state index contributed by atoms with van der Waals surface area (Å²) < 4.78 is 4.64. The largest absolute Gasteiger partial charge is 0.469 e. The average molecular weight is 294 g/mol. The van der Waals surface area contributed by atoms with Crippen LogP contribution in [0.15, 0.2) is 6.20 Å². The van der Waals surface area contributed by atoms with Crippen molar-refractivity contribution < 1.29 is 9.53 Å². The topological polar surface area (TPSA) is 68.5 Å². The van der Waals surface area contributed by atoms with Gasteiger partial charge in [-0.25, -0.2) is 4.98 Å². The van der Waals surface area contributed by atoms with Gasteiger partial charge in [-0.3, -0.25) is 9.69 Å². The first-order valence-corrected chi connectivity index (χ1v) is 6.35. The molecule has 7 heteroatoms. The highest BCUT2D eigenvalue weighted by Gasteiger charge is 2.13. The summed E-state index contributed by atoms with van der Waals surface area (Å²) in [7, 11) is 1.41. The van der Waals surface area contributed by atoms with Gasteiger partial charge in [0.2, 0.25) is 0 Å². The van der Waals surface area contributed by atoms with E-state index in [1.54, 1.807) is 6.20 Å². The van der Waals surface area contributed by atoms with Crippen LogP contribution in [-0.4, -0.2) is 35.5 Å². The third-order valence-electron chi connectivity index (χ3n) is 2.49. The minimum Gasteiger partial charge on any atom is -0.469 e. The van der Waals surface area contributed by atoms with Crippen molar-refractivity contribution in [1.82, 2.24) is 9.88 Å². The molecule has 0 fully saturated rings. The Morgan fingerprint density at radius 1 is 1.61 bits per heavy atom. The summed E-state index contributed by atoms with van der Waals surface area (Å²) in [4.78, 5) is 18.4. The van der Waals surface area contributed by atoms with E-state index >= 15 is 0 Å². The molecule has 0 spiro atoms. The number of nitrogens with zero attached hydrogens (tertiary/aromatic N) is 2. The van der Waals surface area contributed by atoms with Crippen molar-refractivity contribution in [1.29, 1.82) is 0 Å². The van der Waals surface area contributed by atoms with E-state index in [1.807, 2.05) is 0 Å². The number of thiazole rings is 1. The van der Waals surface area contributed by atoms with Gasteiger partial charge in [0.05, 0.1) is 13.5 Å². The number of hydrogen-bond donors (Lipinski definition) is 1. The molecule has 0 radical (unpaired) electrons. The molecule has 2 N–H and O–H groups in total. The van der Waals surface area contributed by atoms with Crippen LogP contribution in [-0.2, 0) is 16.1 Å². The first kappa shape index (κ1) is 17.2. The van der Waals surface area contributed by atoms with Gasteiger partial charge in [0.1, 0.15) is 0 Å². The highest BCUT2D eigenvalue weighted by atomic mass is 35.5. The van der Waals surface area contributed by atoms with Crippen LogP contribution >= 0.6 is 23.7 Å². The molecule has 1 rings (SSSR count). The van der Waals surface area contributed by atoms with Crippen molar-refractivity contribution in [2.45, 2.75) is 32.9 Å². The number of esters is 1. The molecule has 1 aromatic heterocycles. The number of carbonyl (C=O) groups is 1. The SMILES string of the molecule is COC(=O)CCN(Cc1cnc(N)s1)C(C)C.Cl. The number of carbonyl (C=O) groups excluding carboxylic acids is 1. The van der Waals surface area contributed by atoms with E-state index in [4.69, 9.17) is 5.73 Å². The van der Waals surface area contributed by atoms with Crippen molar-refractivity contribution in [3.8, 4) is 0 Å². The Morgan fingerprint density at radius 3 is 2.72 bits per heavy atom. The van der Waals surface area contributed by atoms with Crippen molar-refractivity contribution >= 4 is 34.8 Å². The monoisotopic (exact) mass is 293 g/mol. The maximum Gasteiger partial charge on any atom is 0.306 e. The van der Waals surface area contributed by atoms with Gasteiger partial charge in [-0.1, -0.05) is 0 Å². The molecule has 5 nitrogen and oxygen atoms in total. The Kier molecular flexibility index (Phi) is 7.90. The second kappa shape index (κ2) is 8.29. The molecule has 0 aliphatic rings.